The zero-order valence-corrected chi connectivity index (χ0v) is 22.3. The van der Waals surface area contributed by atoms with Crippen molar-refractivity contribution in [3.05, 3.63) is 65.5 Å². The number of hydrogen-bond donors (Lipinski definition) is 0. The van der Waals surface area contributed by atoms with Crippen molar-refractivity contribution in [3.8, 4) is 5.75 Å². The smallest absolute Gasteiger partial charge is 0.223 e. The zero-order chi connectivity index (χ0) is 27.1. The second-order valence-electron chi connectivity index (χ2n) is 9.61. The Hall–Kier alpha value is -3.72. The van der Waals surface area contributed by atoms with Crippen molar-refractivity contribution in [3.63, 3.8) is 0 Å². The largest absolute Gasteiger partial charge is 0.497 e. The second-order valence-corrected chi connectivity index (χ2v) is 9.61. The van der Waals surface area contributed by atoms with Crippen molar-refractivity contribution in [1.29, 1.82) is 0 Å². The second kappa shape index (κ2) is 12.7. The number of morpholine rings is 1. The summed E-state index contributed by atoms with van der Waals surface area (Å²) in [7, 11) is 5.00. The third-order valence-corrected chi connectivity index (χ3v) is 6.74. The van der Waals surface area contributed by atoms with Crippen molar-refractivity contribution in [2.24, 2.45) is 0 Å². The summed E-state index contributed by atoms with van der Waals surface area (Å²) < 4.78 is 24.4. The van der Waals surface area contributed by atoms with E-state index in [4.69, 9.17) is 14.5 Å². The Morgan fingerprint density at radius 3 is 2.42 bits per heavy atom. The summed E-state index contributed by atoms with van der Waals surface area (Å²) in [5, 5.41) is 0.950. The van der Waals surface area contributed by atoms with Crippen LogP contribution in [0.5, 0.6) is 5.75 Å². The molecular weight excluding hydrogens is 487 g/mol. The quantitative estimate of drug-likeness (QED) is 0.405. The van der Waals surface area contributed by atoms with Gasteiger partial charge in [-0.2, -0.15) is 0 Å². The lowest BCUT2D eigenvalue weighted by Gasteiger charge is -2.31. The van der Waals surface area contributed by atoms with Crippen LogP contribution in [0.15, 0.2) is 48.5 Å². The number of amides is 2. The van der Waals surface area contributed by atoms with Gasteiger partial charge in [0.05, 0.1) is 25.8 Å². The number of pyridine rings is 1. The molecule has 3 aromatic rings. The molecule has 1 fully saturated rings. The molecule has 0 N–H and O–H groups in total. The fraction of sp³-hybridized carbons (Fsp3) is 0.414. The maximum Gasteiger partial charge on any atom is 0.223 e. The van der Waals surface area contributed by atoms with Crippen LogP contribution in [0, 0.1) is 5.82 Å². The summed E-state index contributed by atoms with van der Waals surface area (Å²) in [6.45, 7) is 3.41. The molecule has 1 aromatic heterocycles. The third kappa shape index (κ3) is 6.98. The SMILES string of the molecule is COc1ccc2cc(CN(CCc3ccc(F)cc3)C(=O)CCC(=O)N(C)C)c(N3CCOCC3)nc2c1. The van der Waals surface area contributed by atoms with E-state index in [0.29, 0.717) is 45.8 Å². The van der Waals surface area contributed by atoms with Crippen LogP contribution in [-0.4, -0.2) is 80.7 Å². The number of benzene rings is 2. The van der Waals surface area contributed by atoms with Gasteiger partial charge in [-0.25, -0.2) is 9.37 Å². The number of anilines is 1. The molecule has 1 aliphatic rings. The lowest BCUT2D eigenvalue weighted by Crippen LogP contribution is -2.39. The highest BCUT2D eigenvalue weighted by Crippen LogP contribution is 2.28. The Morgan fingerprint density at radius 2 is 1.74 bits per heavy atom. The monoisotopic (exact) mass is 522 g/mol. The van der Waals surface area contributed by atoms with Crippen molar-refractivity contribution in [1.82, 2.24) is 14.8 Å². The molecule has 1 aliphatic heterocycles. The molecule has 1 saturated heterocycles. The molecule has 9 heteroatoms. The molecule has 8 nitrogen and oxygen atoms in total. The number of halogens is 1. The number of methoxy groups -OCH3 is 1. The first-order chi connectivity index (χ1) is 18.3. The molecule has 0 unspecified atom stereocenters. The van der Waals surface area contributed by atoms with Crippen molar-refractivity contribution in [2.45, 2.75) is 25.8 Å². The van der Waals surface area contributed by atoms with Crippen molar-refractivity contribution >= 4 is 28.5 Å². The molecule has 202 valence electrons. The summed E-state index contributed by atoms with van der Waals surface area (Å²) in [5.74, 6) is 1.06. The maximum absolute atomic E-state index is 13.4. The number of fused-ring (bicyclic) bond motifs is 1. The summed E-state index contributed by atoms with van der Waals surface area (Å²) in [5.41, 5.74) is 2.68. The first-order valence-electron chi connectivity index (χ1n) is 12.9. The van der Waals surface area contributed by atoms with Gasteiger partial charge in [0, 0.05) is 70.1 Å². The van der Waals surface area contributed by atoms with Gasteiger partial charge in [0.1, 0.15) is 17.4 Å². The Kier molecular flexibility index (Phi) is 9.12. The Morgan fingerprint density at radius 1 is 1.03 bits per heavy atom. The predicted octanol–water partition coefficient (Wildman–Crippen LogP) is 3.66. The minimum atomic E-state index is -0.294. The van der Waals surface area contributed by atoms with E-state index < -0.39 is 0 Å². The Balaban J connectivity index is 1.64. The van der Waals surface area contributed by atoms with Gasteiger partial charge >= 0.3 is 0 Å². The molecule has 4 rings (SSSR count). The van der Waals surface area contributed by atoms with Crippen LogP contribution in [0.25, 0.3) is 10.9 Å². The van der Waals surface area contributed by atoms with Crippen LogP contribution < -0.4 is 9.64 Å². The summed E-state index contributed by atoms with van der Waals surface area (Å²) in [4.78, 5) is 36.0. The predicted molar refractivity (Wildman–Crippen MR) is 145 cm³/mol. The molecule has 0 saturated carbocycles. The molecule has 0 bridgehead atoms. The fourth-order valence-corrected chi connectivity index (χ4v) is 4.48. The number of carbonyl (C=O) groups excluding carboxylic acids is 2. The molecule has 0 spiro atoms. The molecule has 0 aliphatic carbocycles. The van der Waals surface area contributed by atoms with Crippen LogP contribution in [0.2, 0.25) is 0 Å². The highest BCUT2D eigenvalue weighted by Gasteiger charge is 2.22. The molecule has 0 atom stereocenters. The molecule has 0 radical (unpaired) electrons. The number of ether oxygens (including phenoxy) is 2. The van der Waals surface area contributed by atoms with E-state index in [1.165, 1.54) is 17.0 Å². The van der Waals surface area contributed by atoms with E-state index in [1.807, 2.05) is 18.2 Å². The van der Waals surface area contributed by atoms with Gasteiger partial charge < -0.3 is 24.2 Å². The van der Waals surface area contributed by atoms with E-state index in [9.17, 15) is 14.0 Å². The highest BCUT2D eigenvalue weighted by molar-refractivity contribution is 5.85. The van der Waals surface area contributed by atoms with E-state index in [0.717, 1.165) is 33.6 Å². The van der Waals surface area contributed by atoms with Gasteiger partial charge in [0.15, 0.2) is 0 Å². The number of carbonyl (C=O) groups is 2. The Bertz CT molecular complexity index is 1260. The molecular formula is C29H35FN4O4. The lowest BCUT2D eigenvalue weighted by atomic mass is 10.1. The minimum absolute atomic E-state index is 0.0906. The Labute approximate surface area is 222 Å². The van der Waals surface area contributed by atoms with E-state index in [-0.39, 0.29) is 30.5 Å². The minimum Gasteiger partial charge on any atom is -0.497 e. The van der Waals surface area contributed by atoms with Gasteiger partial charge in [-0.05, 0) is 42.3 Å². The number of aromatic nitrogens is 1. The first-order valence-corrected chi connectivity index (χ1v) is 12.9. The number of hydrogen-bond acceptors (Lipinski definition) is 6. The summed E-state index contributed by atoms with van der Waals surface area (Å²) >= 11 is 0. The summed E-state index contributed by atoms with van der Waals surface area (Å²) in [6.07, 6.45) is 0.829. The van der Waals surface area contributed by atoms with Crippen LogP contribution in [-0.2, 0) is 27.3 Å². The van der Waals surface area contributed by atoms with Crippen molar-refractivity contribution < 1.29 is 23.5 Å². The van der Waals surface area contributed by atoms with Gasteiger partial charge in [0.2, 0.25) is 11.8 Å². The first kappa shape index (κ1) is 27.3. The highest BCUT2D eigenvalue weighted by atomic mass is 19.1. The normalized spacial score (nSPS) is 13.4. The topological polar surface area (TPSA) is 75.2 Å². The fourth-order valence-electron chi connectivity index (χ4n) is 4.48. The van der Waals surface area contributed by atoms with Gasteiger partial charge in [-0.15, -0.1) is 0 Å². The van der Waals surface area contributed by atoms with Gasteiger partial charge in [0.25, 0.3) is 0 Å². The average Bonchev–Trinajstić information content (AvgIpc) is 2.94. The average molecular weight is 523 g/mol. The van der Waals surface area contributed by atoms with Gasteiger partial charge in [-0.3, -0.25) is 9.59 Å². The maximum atomic E-state index is 13.4. The molecule has 2 aromatic carbocycles. The lowest BCUT2D eigenvalue weighted by molar-refractivity contribution is -0.136. The van der Waals surface area contributed by atoms with Crippen molar-refractivity contribution in [2.75, 3.05) is 59.0 Å². The van der Waals surface area contributed by atoms with E-state index >= 15 is 0 Å². The number of rotatable bonds is 10. The van der Waals surface area contributed by atoms with Gasteiger partial charge in [-0.1, -0.05) is 12.1 Å². The zero-order valence-electron chi connectivity index (χ0n) is 22.3. The molecule has 2 heterocycles. The van der Waals surface area contributed by atoms with Crippen LogP contribution in [0.3, 0.4) is 0 Å². The molecule has 2 amide bonds. The van der Waals surface area contributed by atoms with E-state index in [2.05, 4.69) is 11.0 Å². The standard InChI is InChI=1S/C29H35FN4O4/c1-32(2)27(35)10-11-28(36)34(13-12-21-4-7-24(30)8-5-21)20-23-18-22-6-9-25(37-3)19-26(22)31-29(23)33-14-16-38-17-15-33/h4-9,18-19H,10-17,20H2,1-3H3. The van der Waals surface area contributed by atoms with Crippen LogP contribution in [0.1, 0.15) is 24.0 Å². The molecule has 38 heavy (non-hydrogen) atoms. The van der Waals surface area contributed by atoms with E-state index in [1.54, 1.807) is 38.2 Å². The third-order valence-electron chi connectivity index (χ3n) is 6.74. The van der Waals surface area contributed by atoms with Crippen LogP contribution in [0.4, 0.5) is 10.2 Å². The van der Waals surface area contributed by atoms with Crippen LogP contribution >= 0.6 is 0 Å². The number of nitrogens with zero attached hydrogens (tertiary/aromatic N) is 4. The summed E-state index contributed by atoms with van der Waals surface area (Å²) in [6, 6.07) is 14.2.